The van der Waals surface area contributed by atoms with Crippen molar-refractivity contribution in [2.75, 3.05) is 0 Å². The van der Waals surface area contributed by atoms with E-state index in [9.17, 15) is 13.2 Å². The maximum Gasteiger partial charge on any atom is 0.332 e. The summed E-state index contributed by atoms with van der Waals surface area (Å²) in [5, 5.41) is 1.03. The minimum atomic E-state index is -3.81. The van der Waals surface area contributed by atoms with Gasteiger partial charge in [-0.25, -0.2) is 0 Å². The van der Waals surface area contributed by atoms with E-state index in [4.69, 9.17) is 4.18 Å². The lowest BCUT2D eigenvalue weighted by molar-refractivity contribution is -0.116. The van der Waals surface area contributed by atoms with Crippen molar-refractivity contribution in [3.05, 3.63) is 71.1 Å². The fourth-order valence-corrected chi connectivity index (χ4v) is 2.68. The lowest BCUT2D eigenvalue weighted by Gasteiger charge is -2.05. The van der Waals surface area contributed by atoms with Crippen LogP contribution in [-0.4, -0.2) is 14.2 Å². The first-order valence-electron chi connectivity index (χ1n) is 7.21. The highest BCUT2D eigenvalue weighted by Crippen LogP contribution is 2.16. The molecule has 0 unspecified atom stereocenters. The number of hydrogen-bond donors (Lipinski definition) is 0. The highest BCUT2D eigenvalue weighted by Gasteiger charge is 2.08. The minimum Gasteiger partial charge on any atom is -0.379 e. The monoisotopic (exact) mass is 330 g/mol. The molecule has 5 heteroatoms. The molecule has 0 aliphatic heterocycles. The van der Waals surface area contributed by atoms with Crippen molar-refractivity contribution in [2.45, 2.75) is 19.8 Å². The van der Waals surface area contributed by atoms with E-state index in [1.165, 1.54) is 6.08 Å². The first kappa shape index (κ1) is 17.0. The zero-order chi connectivity index (χ0) is 16.7. The van der Waals surface area contributed by atoms with Gasteiger partial charge < -0.3 is 8.98 Å². The van der Waals surface area contributed by atoms with Crippen LogP contribution >= 0.6 is 0 Å². The Bertz CT molecular complexity index is 776. The molecule has 0 spiro atoms. The lowest BCUT2D eigenvalue weighted by Crippen LogP contribution is -2.05. The fraction of sp³-hybridized carbons (Fsp3) is 0.167. The normalized spacial score (nSPS) is 11.5. The summed E-state index contributed by atoms with van der Waals surface area (Å²) in [5.74, 6) is 0.369. The molecule has 0 N–H and O–H groups in total. The van der Waals surface area contributed by atoms with Crippen molar-refractivity contribution in [1.29, 1.82) is 0 Å². The third-order valence-corrected chi connectivity index (χ3v) is 4.02. The number of carbonyl (C=O) groups excluding carboxylic acids is 1. The van der Waals surface area contributed by atoms with Crippen molar-refractivity contribution < 1.29 is 17.4 Å². The van der Waals surface area contributed by atoms with Crippen molar-refractivity contribution in [3.63, 3.8) is 0 Å². The van der Waals surface area contributed by atoms with E-state index in [1.54, 1.807) is 43.3 Å². The molecule has 0 radical (unpaired) electrons. The van der Waals surface area contributed by atoms with Crippen LogP contribution in [0.4, 0.5) is 0 Å². The van der Waals surface area contributed by atoms with Gasteiger partial charge in [-0.2, -0.15) is 8.42 Å². The van der Waals surface area contributed by atoms with Crippen LogP contribution in [0.3, 0.4) is 0 Å². The SMILES string of the molecule is CC(=O)CCc1ccc(OS(=O)(=O)/C=C/c2ccccc2)cc1. The van der Waals surface area contributed by atoms with Gasteiger partial charge in [-0.15, -0.1) is 0 Å². The van der Waals surface area contributed by atoms with Gasteiger partial charge in [0, 0.05) is 6.42 Å². The molecule has 0 saturated heterocycles. The first-order chi connectivity index (χ1) is 10.9. The molecule has 0 aromatic heterocycles. The van der Waals surface area contributed by atoms with Gasteiger partial charge in [0.05, 0.1) is 5.41 Å². The molecule has 2 rings (SSSR count). The Kier molecular flexibility index (Phi) is 5.71. The molecule has 0 fully saturated rings. The number of ketones is 1. The minimum absolute atomic E-state index is 0.124. The Morgan fingerprint density at radius 1 is 1.04 bits per heavy atom. The van der Waals surface area contributed by atoms with Crippen molar-refractivity contribution in [2.24, 2.45) is 0 Å². The van der Waals surface area contributed by atoms with Crippen LogP contribution in [0.15, 0.2) is 60.0 Å². The molecule has 2 aromatic carbocycles. The summed E-state index contributed by atoms with van der Waals surface area (Å²) in [6, 6.07) is 15.8. The topological polar surface area (TPSA) is 60.4 Å². The zero-order valence-corrected chi connectivity index (χ0v) is 13.6. The van der Waals surface area contributed by atoms with Crippen LogP contribution in [0.25, 0.3) is 6.08 Å². The van der Waals surface area contributed by atoms with Crippen molar-refractivity contribution >= 4 is 22.0 Å². The van der Waals surface area contributed by atoms with E-state index < -0.39 is 10.1 Å². The smallest absolute Gasteiger partial charge is 0.332 e. The van der Waals surface area contributed by atoms with Crippen molar-refractivity contribution in [1.82, 2.24) is 0 Å². The summed E-state index contributed by atoms with van der Waals surface area (Å²) < 4.78 is 28.9. The summed E-state index contributed by atoms with van der Waals surface area (Å²) in [5.41, 5.74) is 1.74. The molecule has 120 valence electrons. The maximum atomic E-state index is 11.9. The lowest BCUT2D eigenvalue weighted by atomic mass is 10.1. The van der Waals surface area contributed by atoms with Gasteiger partial charge in [0.25, 0.3) is 0 Å². The van der Waals surface area contributed by atoms with E-state index >= 15 is 0 Å². The van der Waals surface area contributed by atoms with Crippen LogP contribution in [0.1, 0.15) is 24.5 Å². The summed E-state index contributed by atoms with van der Waals surface area (Å²) in [4.78, 5) is 10.9. The van der Waals surface area contributed by atoms with Gasteiger partial charge >= 0.3 is 10.1 Å². The third kappa shape index (κ3) is 6.08. The summed E-state index contributed by atoms with van der Waals surface area (Å²) in [6.45, 7) is 1.54. The molecule has 0 heterocycles. The second-order valence-corrected chi connectivity index (χ2v) is 6.56. The molecule has 0 atom stereocenters. The molecule has 0 amide bonds. The predicted molar refractivity (Wildman–Crippen MR) is 90.5 cm³/mol. The summed E-state index contributed by atoms with van der Waals surface area (Å²) >= 11 is 0. The Morgan fingerprint density at radius 3 is 2.30 bits per heavy atom. The molecule has 0 aliphatic carbocycles. The molecule has 0 saturated carbocycles. The Hall–Kier alpha value is -2.40. The van der Waals surface area contributed by atoms with Crippen LogP contribution < -0.4 is 4.18 Å². The van der Waals surface area contributed by atoms with Crippen LogP contribution in [0.2, 0.25) is 0 Å². The number of carbonyl (C=O) groups is 1. The van der Waals surface area contributed by atoms with Crippen LogP contribution in [-0.2, 0) is 21.3 Å². The van der Waals surface area contributed by atoms with E-state index in [0.29, 0.717) is 12.8 Å². The zero-order valence-electron chi connectivity index (χ0n) is 12.8. The van der Waals surface area contributed by atoms with Gasteiger partial charge in [-0.3, -0.25) is 0 Å². The molecule has 0 aliphatic rings. The van der Waals surface area contributed by atoms with Gasteiger partial charge in [0.1, 0.15) is 11.5 Å². The van der Waals surface area contributed by atoms with Crippen LogP contribution in [0, 0.1) is 0 Å². The molecule has 23 heavy (non-hydrogen) atoms. The fourth-order valence-electron chi connectivity index (χ4n) is 1.92. The number of benzene rings is 2. The highest BCUT2D eigenvalue weighted by molar-refractivity contribution is 7.90. The second kappa shape index (κ2) is 7.74. The quantitative estimate of drug-likeness (QED) is 0.728. The van der Waals surface area contributed by atoms with Gasteiger partial charge in [0.2, 0.25) is 0 Å². The summed E-state index contributed by atoms with van der Waals surface area (Å²) in [7, 11) is -3.81. The highest BCUT2D eigenvalue weighted by atomic mass is 32.2. The number of Topliss-reactive ketones (excluding diaryl/α,β-unsaturated/α-hetero) is 1. The van der Waals surface area contributed by atoms with Crippen LogP contribution in [0.5, 0.6) is 5.75 Å². The predicted octanol–water partition coefficient (Wildman–Crippen LogP) is 3.59. The number of rotatable bonds is 7. The first-order valence-corrected chi connectivity index (χ1v) is 8.68. The Morgan fingerprint density at radius 2 is 1.70 bits per heavy atom. The van der Waals surface area contributed by atoms with E-state index in [-0.39, 0.29) is 11.5 Å². The molecule has 2 aromatic rings. The number of hydrogen-bond acceptors (Lipinski definition) is 4. The molecular formula is C18H18O4S. The molecule has 4 nitrogen and oxygen atoms in total. The third-order valence-electron chi connectivity index (χ3n) is 3.13. The largest absolute Gasteiger partial charge is 0.379 e. The van der Waals surface area contributed by atoms with E-state index in [1.807, 2.05) is 18.2 Å². The average Bonchev–Trinajstić information content (AvgIpc) is 2.53. The van der Waals surface area contributed by atoms with Gasteiger partial charge in [-0.1, -0.05) is 42.5 Å². The Balaban J connectivity index is 2.00. The van der Waals surface area contributed by atoms with Gasteiger partial charge in [-0.05, 0) is 42.7 Å². The molecule has 0 bridgehead atoms. The summed E-state index contributed by atoms with van der Waals surface area (Å²) in [6.07, 6.45) is 2.59. The van der Waals surface area contributed by atoms with Crippen molar-refractivity contribution in [3.8, 4) is 5.75 Å². The van der Waals surface area contributed by atoms with E-state index in [2.05, 4.69) is 0 Å². The standard InChI is InChI=1S/C18H18O4S/c1-15(19)7-8-17-9-11-18(12-10-17)22-23(20,21)14-13-16-5-3-2-4-6-16/h2-6,9-14H,7-8H2,1H3/b14-13+. The molecular weight excluding hydrogens is 312 g/mol. The maximum absolute atomic E-state index is 11.9. The average molecular weight is 330 g/mol. The Labute approximate surface area is 136 Å². The second-order valence-electron chi connectivity index (χ2n) is 5.14. The number of aryl methyl sites for hydroxylation is 1. The van der Waals surface area contributed by atoms with Gasteiger partial charge in [0.15, 0.2) is 0 Å². The van der Waals surface area contributed by atoms with E-state index in [0.717, 1.165) is 16.5 Å².